The zero-order valence-electron chi connectivity index (χ0n) is 18.7. The molecule has 7 nitrogen and oxygen atoms in total. The molecule has 8 heteroatoms. The number of H-pyrrole nitrogens is 1. The molecule has 0 bridgehead atoms. The summed E-state index contributed by atoms with van der Waals surface area (Å²) in [6.07, 6.45) is 9.24. The van der Waals surface area contributed by atoms with Gasteiger partial charge < -0.3 is 4.98 Å². The maximum absolute atomic E-state index is 13.8. The third-order valence-corrected chi connectivity index (χ3v) is 6.31. The summed E-state index contributed by atoms with van der Waals surface area (Å²) in [6.45, 7) is 5.92. The summed E-state index contributed by atoms with van der Waals surface area (Å²) < 4.78 is 15.4. The molecule has 1 N–H and O–H groups in total. The van der Waals surface area contributed by atoms with Gasteiger partial charge in [0.15, 0.2) is 11.5 Å². The smallest absolute Gasteiger partial charge is 0.254 e. The largest absolute Gasteiger partial charge is 0.358 e. The average Bonchev–Trinajstić information content (AvgIpc) is 3.44. The number of aryl methyl sites for hydroxylation is 1. The van der Waals surface area contributed by atoms with Crippen LogP contribution in [-0.4, -0.2) is 35.8 Å². The Balaban J connectivity index is 1.40. The number of allylic oxidation sites excluding steroid dienone is 1. The third kappa shape index (κ3) is 3.48. The number of aromatic amines is 1. The molecule has 0 saturated heterocycles. The molecule has 4 aromatic heterocycles. The van der Waals surface area contributed by atoms with E-state index in [-0.39, 0.29) is 5.92 Å². The van der Waals surface area contributed by atoms with E-state index in [9.17, 15) is 4.39 Å². The zero-order valence-corrected chi connectivity index (χ0v) is 18.7. The number of aliphatic imine (C=N–C) groups is 1. The summed E-state index contributed by atoms with van der Waals surface area (Å²) >= 11 is 0. The number of fused-ring (bicyclic) bond motifs is 4. The predicted octanol–water partition coefficient (Wildman–Crippen LogP) is 5.35. The van der Waals surface area contributed by atoms with Gasteiger partial charge in [-0.2, -0.15) is 14.6 Å². The number of rotatable bonds is 4. The lowest BCUT2D eigenvalue weighted by molar-refractivity contribution is 0.589. The maximum atomic E-state index is 13.8. The molecule has 1 aromatic carbocycles. The molecule has 6 rings (SSSR count). The summed E-state index contributed by atoms with van der Waals surface area (Å²) in [6, 6.07) is 9.78. The number of halogens is 1. The first kappa shape index (κ1) is 20.4. The molecular formula is C26H22FN7. The van der Waals surface area contributed by atoms with Crippen LogP contribution in [0.15, 0.2) is 60.5 Å². The highest BCUT2D eigenvalue weighted by molar-refractivity contribution is 5.85. The molecule has 0 fully saturated rings. The molecule has 0 radical (unpaired) electrons. The Morgan fingerprint density at radius 2 is 2.12 bits per heavy atom. The van der Waals surface area contributed by atoms with Gasteiger partial charge in [0.2, 0.25) is 0 Å². The van der Waals surface area contributed by atoms with E-state index in [0.29, 0.717) is 23.0 Å². The van der Waals surface area contributed by atoms with Gasteiger partial charge in [0.1, 0.15) is 5.82 Å². The van der Waals surface area contributed by atoms with Gasteiger partial charge in [0.05, 0.1) is 12.4 Å². The van der Waals surface area contributed by atoms with Crippen LogP contribution in [0.2, 0.25) is 0 Å². The summed E-state index contributed by atoms with van der Waals surface area (Å²) in [5.41, 5.74) is 6.54. The number of aromatic nitrogens is 6. The van der Waals surface area contributed by atoms with Crippen molar-refractivity contribution in [2.24, 2.45) is 10.9 Å². The first-order valence-corrected chi connectivity index (χ1v) is 11.2. The second kappa shape index (κ2) is 7.98. The molecule has 168 valence electrons. The Hall–Kier alpha value is -4.20. The molecule has 0 saturated carbocycles. The predicted molar refractivity (Wildman–Crippen MR) is 131 cm³/mol. The summed E-state index contributed by atoms with van der Waals surface area (Å²) in [5.74, 6) is 0.558. The quantitative estimate of drug-likeness (QED) is 0.374. The van der Waals surface area contributed by atoms with E-state index in [1.807, 2.05) is 13.1 Å². The third-order valence-electron chi connectivity index (χ3n) is 6.31. The van der Waals surface area contributed by atoms with Crippen molar-refractivity contribution in [3.8, 4) is 11.4 Å². The fourth-order valence-electron chi connectivity index (χ4n) is 4.61. The highest BCUT2D eigenvalue weighted by atomic mass is 19.1. The van der Waals surface area contributed by atoms with Crippen molar-refractivity contribution in [1.82, 2.24) is 29.5 Å². The number of pyridine rings is 1. The Morgan fingerprint density at radius 1 is 1.24 bits per heavy atom. The van der Waals surface area contributed by atoms with E-state index in [1.165, 1.54) is 28.2 Å². The van der Waals surface area contributed by atoms with Gasteiger partial charge in [-0.25, -0.2) is 14.4 Å². The second-order valence-corrected chi connectivity index (χ2v) is 8.72. The van der Waals surface area contributed by atoms with Crippen molar-refractivity contribution in [2.45, 2.75) is 26.2 Å². The minimum Gasteiger partial charge on any atom is -0.358 e. The lowest BCUT2D eigenvalue weighted by atomic mass is 9.87. The van der Waals surface area contributed by atoms with Crippen LogP contribution in [0.1, 0.15) is 30.2 Å². The summed E-state index contributed by atoms with van der Waals surface area (Å²) in [4.78, 5) is 21.5. The standard InChI is InChI=1S/C26H22FN7/c1-15(2)21-14-30-34-25(21)32-24(17-10-18(27)13-28-12-17)33-26(34)29-11-16-7-8-23-20(9-16)19-5-3-4-6-22(19)31-23/h3-6,10-14,16,31H,1,7-9H2,2H3/b29-11-. The fourth-order valence-corrected chi connectivity index (χ4v) is 4.61. The Kier molecular flexibility index (Phi) is 4.79. The number of nitrogens with zero attached hydrogens (tertiary/aromatic N) is 6. The minimum absolute atomic E-state index is 0.271. The van der Waals surface area contributed by atoms with E-state index in [1.54, 1.807) is 16.9 Å². The topological polar surface area (TPSA) is 84.1 Å². The zero-order chi connectivity index (χ0) is 23.2. The van der Waals surface area contributed by atoms with Crippen molar-refractivity contribution >= 4 is 34.3 Å². The lowest BCUT2D eigenvalue weighted by Gasteiger charge is -2.18. The molecule has 0 amide bonds. The van der Waals surface area contributed by atoms with Crippen molar-refractivity contribution in [3.63, 3.8) is 0 Å². The molecular weight excluding hydrogens is 429 g/mol. The number of benzene rings is 1. The molecule has 1 atom stereocenters. The van der Waals surface area contributed by atoms with Gasteiger partial charge in [0, 0.05) is 40.1 Å². The van der Waals surface area contributed by atoms with Crippen LogP contribution in [0.4, 0.5) is 10.3 Å². The molecule has 1 unspecified atom stereocenters. The number of hydrogen-bond acceptors (Lipinski definition) is 5. The average molecular weight is 452 g/mol. The fraction of sp³-hybridized carbons (Fsp3) is 0.192. The van der Waals surface area contributed by atoms with E-state index >= 15 is 0 Å². The normalized spacial score (nSPS) is 15.9. The SMILES string of the molecule is C=C(C)c1cnn2c(/N=C\C3CCc4[nH]c5ccccc5c4C3)nc(-c3cncc(F)c3)nc12. The number of hydrogen-bond donors (Lipinski definition) is 1. The van der Waals surface area contributed by atoms with Gasteiger partial charge in [-0.1, -0.05) is 24.8 Å². The Labute approximate surface area is 195 Å². The van der Waals surface area contributed by atoms with Crippen LogP contribution in [0, 0.1) is 11.7 Å². The van der Waals surface area contributed by atoms with Crippen molar-refractivity contribution in [3.05, 3.63) is 78.1 Å². The van der Waals surface area contributed by atoms with E-state index in [2.05, 4.69) is 55.9 Å². The first-order chi connectivity index (χ1) is 16.6. The highest BCUT2D eigenvalue weighted by Gasteiger charge is 2.22. The highest BCUT2D eigenvalue weighted by Crippen LogP contribution is 2.31. The first-order valence-electron chi connectivity index (χ1n) is 11.2. The molecule has 1 aliphatic rings. The van der Waals surface area contributed by atoms with Gasteiger partial charge in [-0.15, -0.1) is 0 Å². The summed E-state index contributed by atoms with van der Waals surface area (Å²) in [5, 5.41) is 5.72. The van der Waals surface area contributed by atoms with Gasteiger partial charge in [-0.3, -0.25) is 4.98 Å². The summed E-state index contributed by atoms with van der Waals surface area (Å²) in [7, 11) is 0. The molecule has 0 spiro atoms. The van der Waals surface area contributed by atoms with Gasteiger partial charge in [-0.05, 0) is 55.4 Å². The van der Waals surface area contributed by atoms with E-state index < -0.39 is 5.82 Å². The van der Waals surface area contributed by atoms with Gasteiger partial charge in [0.25, 0.3) is 5.95 Å². The molecule has 1 aliphatic carbocycles. The maximum Gasteiger partial charge on any atom is 0.254 e. The van der Waals surface area contributed by atoms with Crippen LogP contribution in [0.5, 0.6) is 0 Å². The van der Waals surface area contributed by atoms with Crippen LogP contribution in [0.25, 0.3) is 33.5 Å². The van der Waals surface area contributed by atoms with Crippen LogP contribution < -0.4 is 0 Å². The van der Waals surface area contributed by atoms with Crippen LogP contribution >= 0.6 is 0 Å². The lowest BCUT2D eigenvalue weighted by Crippen LogP contribution is -2.14. The van der Waals surface area contributed by atoms with Gasteiger partial charge >= 0.3 is 0 Å². The van der Waals surface area contributed by atoms with Crippen LogP contribution in [-0.2, 0) is 12.8 Å². The Bertz CT molecular complexity index is 1590. The van der Waals surface area contributed by atoms with Crippen LogP contribution in [0.3, 0.4) is 0 Å². The number of nitrogens with one attached hydrogen (secondary N) is 1. The Morgan fingerprint density at radius 3 is 2.97 bits per heavy atom. The molecule has 5 aromatic rings. The number of para-hydroxylation sites is 1. The van der Waals surface area contributed by atoms with Crippen molar-refractivity contribution in [1.29, 1.82) is 0 Å². The molecule has 0 aliphatic heterocycles. The molecule has 4 heterocycles. The van der Waals surface area contributed by atoms with Crippen molar-refractivity contribution < 1.29 is 4.39 Å². The van der Waals surface area contributed by atoms with E-state index in [0.717, 1.165) is 36.6 Å². The van der Waals surface area contributed by atoms with Crippen molar-refractivity contribution in [2.75, 3.05) is 0 Å². The van der Waals surface area contributed by atoms with E-state index in [4.69, 9.17) is 4.99 Å². The molecule has 34 heavy (non-hydrogen) atoms. The monoisotopic (exact) mass is 451 g/mol. The second-order valence-electron chi connectivity index (χ2n) is 8.72. The minimum atomic E-state index is -0.448.